The molecule has 0 saturated heterocycles. The predicted octanol–water partition coefficient (Wildman–Crippen LogP) is 2.93. The van der Waals surface area contributed by atoms with Crippen LogP contribution in [0.3, 0.4) is 0 Å². The smallest absolute Gasteiger partial charge is 0.267 e. The Morgan fingerprint density at radius 1 is 1.14 bits per heavy atom. The van der Waals surface area contributed by atoms with Gasteiger partial charge in [0.1, 0.15) is 0 Å². The lowest BCUT2D eigenvalue weighted by atomic mass is 10.1. The third-order valence-electron chi connectivity index (χ3n) is 4.21. The van der Waals surface area contributed by atoms with Gasteiger partial charge < -0.3 is 10.2 Å². The van der Waals surface area contributed by atoms with Crippen LogP contribution in [0.1, 0.15) is 23.6 Å². The number of nitrogens with zero attached hydrogens (tertiary/aromatic N) is 2. The topological polar surface area (TPSA) is 88.1 Å². The van der Waals surface area contributed by atoms with Crippen molar-refractivity contribution < 1.29 is 18.0 Å². The highest BCUT2D eigenvalue weighted by atomic mass is 32.2. The molecule has 0 bridgehead atoms. The number of rotatable bonds is 7. The van der Waals surface area contributed by atoms with Crippen molar-refractivity contribution in [2.75, 3.05) is 19.4 Å². The fourth-order valence-corrected chi connectivity index (χ4v) is 3.23. The number of hydrogen-bond donors (Lipinski definition) is 1. The van der Waals surface area contributed by atoms with Crippen LogP contribution in [0.2, 0.25) is 0 Å². The summed E-state index contributed by atoms with van der Waals surface area (Å²) in [7, 11) is -0.685. The van der Waals surface area contributed by atoms with Gasteiger partial charge >= 0.3 is 0 Å². The van der Waals surface area contributed by atoms with Crippen molar-refractivity contribution in [3.63, 3.8) is 0 Å². The number of nitrogens with one attached hydrogen (secondary N) is 1. The van der Waals surface area contributed by atoms with E-state index in [1.54, 1.807) is 26.1 Å². The average Bonchev–Trinajstić information content (AvgIpc) is 2.64. The van der Waals surface area contributed by atoms with E-state index in [4.69, 9.17) is 4.84 Å². The Bertz CT molecular complexity index is 985. The van der Waals surface area contributed by atoms with E-state index in [-0.39, 0.29) is 4.90 Å². The highest BCUT2D eigenvalue weighted by Crippen LogP contribution is 2.22. The second kappa shape index (κ2) is 8.99. The third-order valence-corrected chi connectivity index (χ3v) is 6.03. The van der Waals surface area contributed by atoms with Crippen molar-refractivity contribution in [2.45, 2.75) is 31.8 Å². The lowest BCUT2D eigenvalue weighted by Crippen LogP contribution is -2.27. The molecule has 7 nitrogen and oxygen atoms in total. The monoisotopic (exact) mass is 403 g/mol. The lowest BCUT2D eigenvalue weighted by Gasteiger charge is -2.15. The summed E-state index contributed by atoms with van der Waals surface area (Å²) in [6.07, 6.45) is 0.697. The number of carbonyl (C=O) groups excluding carboxylic acids is 1. The maximum Gasteiger partial charge on any atom is 0.267 e. The zero-order valence-corrected chi connectivity index (χ0v) is 17.4. The van der Waals surface area contributed by atoms with E-state index >= 15 is 0 Å². The number of oxime groups is 1. The first kappa shape index (κ1) is 21.6. The number of sulfonamides is 1. The Morgan fingerprint density at radius 3 is 2.46 bits per heavy atom. The molecule has 0 aromatic heterocycles. The normalized spacial score (nSPS) is 12.9. The van der Waals surface area contributed by atoms with Gasteiger partial charge in [-0.25, -0.2) is 12.7 Å². The fraction of sp³-hybridized carbons (Fsp3) is 0.300. The van der Waals surface area contributed by atoms with Crippen LogP contribution in [0.15, 0.2) is 52.5 Å². The highest BCUT2D eigenvalue weighted by Gasteiger charge is 2.20. The Morgan fingerprint density at radius 2 is 1.82 bits per heavy atom. The largest absolute Gasteiger partial charge is 0.383 e. The summed E-state index contributed by atoms with van der Waals surface area (Å²) in [5, 5.41) is 6.58. The van der Waals surface area contributed by atoms with Crippen LogP contribution in [0.25, 0.3) is 0 Å². The molecule has 0 spiro atoms. The Hall–Kier alpha value is -2.71. The van der Waals surface area contributed by atoms with E-state index in [1.807, 2.05) is 31.2 Å². The van der Waals surface area contributed by atoms with Crippen LogP contribution in [0.4, 0.5) is 5.69 Å². The molecule has 1 N–H and O–H groups in total. The molecule has 0 fully saturated rings. The molecule has 1 unspecified atom stereocenters. The van der Waals surface area contributed by atoms with E-state index in [9.17, 15) is 13.2 Å². The van der Waals surface area contributed by atoms with Gasteiger partial charge in [-0.05, 0) is 49.6 Å². The van der Waals surface area contributed by atoms with E-state index in [0.29, 0.717) is 5.69 Å². The van der Waals surface area contributed by atoms with Crippen molar-refractivity contribution in [2.24, 2.45) is 5.16 Å². The first-order valence-electron chi connectivity index (χ1n) is 8.72. The maximum absolute atomic E-state index is 12.4. The molecule has 0 radical (unpaired) electrons. The summed E-state index contributed by atoms with van der Waals surface area (Å²) in [6, 6.07) is 12.3. The summed E-state index contributed by atoms with van der Waals surface area (Å²) < 4.78 is 25.7. The van der Waals surface area contributed by atoms with Gasteiger partial charge in [0, 0.05) is 19.8 Å². The van der Waals surface area contributed by atoms with Crippen molar-refractivity contribution in [3.05, 3.63) is 59.2 Å². The van der Waals surface area contributed by atoms with Crippen LogP contribution in [-0.4, -0.2) is 45.0 Å². The van der Waals surface area contributed by atoms with Crippen molar-refractivity contribution in [3.8, 4) is 0 Å². The number of hydrogen-bond acceptors (Lipinski definition) is 5. The number of aryl methyl sites for hydroxylation is 2. The molecular weight excluding hydrogens is 378 g/mol. The van der Waals surface area contributed by atoms with Crippen LogP contribution < -0.4 is 5.32 Å². The van der Waals surface area contributed by atoms with E-state index in [2.05, 4.69) is 10.5 Å². The molecule has 2 rings (SSSR count). The minimum atomic E-state index is -3.59. The highest BCUT2D eigenvalue weighted by molar-refractivity contribution is 7.89. The predicted molar refractivity (Wildman–Crippen MR) is 110 cm³/mol. The average molecular weight is 404 g/mol. The summed E-state index contributed by atoms with van der Waals surface area (Å²) in [4.78, 5) is 17.7. The molecule has 150 valence electrons. The van der Waals surface area contributed by atoms with Gasteiger partial charge in [-0.1, -0.05) is 35.5 Å². The molecule has 28 heavy (non-hydrogen) atoms. The van der Waals surface area contributed by atoms with Gasteiger partial charge in [0.25, 0.3) is 5.91 Å². The molecular formula is C20H25N3O4S. The number of amides is 1. The Balaban J connectivity index is 2.08. The van der Waals surface area contributed by atoms with Gasteiger partial charge in [-0.15, -0.1) is 0 Å². The molecule has 0 saturated carbocycles. The Kier molecular flexibility index (Phi) is 6.93. The van der Waals surface area contributed by atoms with E-state index in [0.717, 1.165) is 21.0 Å². The molecule has 1 amide bonds. The van der Waals surface area contributed by atoms with Gasteiger partial charge in [0.15, 0.2) is 0 Å². The number of carbonyl (C=O) groups is 1. The quantitative estimate of drug-likeness (QED) is 0.569. The minimum Gasteiger partial charge on any atom is -0.383 e. The second-order valence-corrected chi connectivity index (χ2v) is 8.74. The molecule has 1 atom stereocenters. The second-order valence-electron chi connectivity index (χ2n) is 6.59. The zero-order valence-electron chi connectivity index (χ0n) is 16.6. The van der Waals surface area contributed by atoms with Crippen LogP contribution in [-0.2, 0) is 19.7 Å². The van der Waals surface area contributed by atoms with Gasteiger partial charge in [0.2, 0.25) is 16.1 Å². The number of anilines is 1. The molecule has 0 aliphatic heterocycles. The minimum absolute atomic E-state index is 0.101. The summed E-state index contributed by atoms with van der Waals surface area (Å²) in [5.74, 6) is -0.426. The molecule has 2 aromatic carbocycles. The van der Waals surface area contributed by atoms with E-state index < -0.39 is 22.0 Å². The number of benzene rings is 2. The molecule has 0 heterocycles. The lowest BCUT2D eigenvalue weighted by molar-refractivity contribution is -0.126. The molecule has 2 aromatic rings. The Labute approximate surface area is 166 Å². The van der Waals surface area contributed by atoms with Gasteiger partial charge in [0.05, 0.1) is 11.1 Å². The van der Waals surface area contributed by atoms with E-state index in [1.165, 1.54) is 26.2 Å². The first-order valence-corrected chi connectivity index (χ1v) is 10.2. The van der Waals surface area contributed by atoms with Crippen molar-refractivity contribution >= 4 is 27.8 Å². The van der Waals surface area contributed by atoms with Crippen molar-refractivity contribution in [1.82, 2.24) is 4.31 Å². The van der Waals surface area contributed by atoms with Gasteiger partial charge in [-0.2, -0.15) is 0 Å². The van der Waals surface area contributed by atoms with Crippen LogP contribution >= 0.6 is 0 Å². The van der Waals surface area contributed by atoms with Crippen LogP contribution in [0, 0.1) is 13.8 Å². The molecule has 0 aliphatic carbocycles. The maximum atomic E-state index is 12.4. The van der Waals surface area contributed by atoms with Gasteiger partial charge in [-0.3, -0.25) is 4.79 Å². The molecule has 8 heteroatoms. The van der Waals surface area contributed by atoms with Crippen molar-refractivity contribution in [1.29, 1.82) is 0 Å². The molecule has 0 aliphatic rings. The summed E-state index contributed by atoms with van der Waals surface area (Å²) in [5.41, 5.74) is 3.09. The first-order chi connectivity index (χ1) is 13.1. The zero-order chi connectivity index (χ0) is 20.9. The van der Waals surface area contributed by atoms with Crippen LogP contribution in [0.5, 0.6) is 0 Å². The summed E-state index contributed by atoms with van der Waals surface area (Å²) in [6.45, 7) is 5.30. The summed E-state index contributed by atoms with van der Waals surface area (Å²) >= 11 is 0. The fourth-order valence-electron chi connectivity index (χ4n) is 2.30. The SMILES string of the molecule is Cc1ccccc1/C=N/OC(C)C(=O)Nc1cc(S(=O)(=O)N(C)C)ccc1C. The third kappa shape index (κ3) is 5.17. The standard InChI is InChI=1S/C20H25N3O4S/c1-14-8-6-7-9-17(14)13-21-27-16(3)20(24)22-19-12-18(11-10-15(19)2)28(25,26)23(4)5/h6-13,16H,1-5H3,(H,22,24)/b21-13+.